The van der Waals surface area contributed by atoms with Gasteiger partial charge in [-0.25, -0.2) is 14.4 Å². The van der Waals surface area contributed by atoms with Crippen molar-refractivity contribution in [2.24, 2.45) is 5.92 Å². The average molecular weight is 418 g/mol. The van der Waals surface area contributed by atoms with Gasteiger partial charge in [-0.2, -0.15) is 0 Å². The summed E-state index contributed by atoms with van der Waals surface area (Å²) < 4.78 is 9.91. The lowest BCUT2D eigenvalue weighted by atomic mass is 9.68. The second-order valence-electron chi connectivity index (χ2n) is 8.17. The molecule has 0 atom stereocenters. The van der Waals surface area contributed by atoms with Gasteiger partial charge in [-0.15, -0.1) is 0 Å². The Kier molecular flexibility index (Phi) is 5.27. The van der Waals surface area contributed by atoms with Gasteiger partial charge in [-0.1, -0.05) is 17.2 Å². The average Bonchev–Trinajstić information content (AvgIpc) is 2.87. The summed E-state index contributed by atoms with van der Waals surface area (Å²) in [4.78, 5) is 66.4. The van der Waals surface area contributed by atoms with E-state index in [0.717, 1.165) is 7.11 Å². The van der Waals surface area contributed by atoms with E-state index in [1.807, 2.05) is 0 Å². The molecule has 1 N–H and O–H groups in total. The summed E-state index contributed by atoms with van der Waals surface area (Å²) in [5.41, 5.74) is -1.96. The van der Waals surface area contributed by atoms with Crippen molar-refractivity contribution in [1.82, 2.24) is 10.4 Å². The van der Waals surface area contributed by atoms with Gasteiger partial charge in [0.2, 0.25) is 0 Å². The molecule has 0 bridgehead atoms. The molecule has 1 aliphatic heterocycles. The summed E-state index contributed by atoms with van der Waals surface area (Å²) in [5, 5.41) is 2.87. The predicted molar refractivity (Wildman–Crippen MR) is 99.9 cm³/mol. The number of fused-ring (bicyclic) bond motifs is 1. The van der Waals surface area contributed by atoms with Crippen molar-refractivity contribution in [2.75, 3.05) is 7.11 Å². The number of benzene rings is 1. The van der Waals surface area contributed by atoms with E-state index < -0.39 is 46.9 Å². The van der Waals surface area contributed by atoms with Gasteiger partial charge in [0.1, 0.15) is 11.1 Å². The Morgan fingerprint density at radius 3 is 2.07 bits per heavy atom. The number of imide groups is 1. The van der Waals surface area contributed by atoms with Gasteiger partial charge in [-0.3, -0.25) is 9.59 Å². The van der Waals surface area contributed by atoms with Gasteiger partial charge in [0.25, 0.3) is 11.8 Å². The number of hydrogen-bond acceptors (Lipinski definition) is 8. The van der Waals surface area contributed by atoms with Gasteiger partial charge in [-0.05, 0) is 45.7 Å². The maximum absolute atomic E-state index is 12.5. The molecule has 1 aromatic carbocycles. The molecule has 1 saturated carbocycles. The highest BCUT2D eigenvalue weighted by atomic mass is 16.7. The third-order valence-corrected chi connectivity index (χ3v) is 4.78. The maximum Gasteiger partial charge on any atom is 0.408 e. The van der Waals surface area contributed by atoms with Crippen molar-refractivity contribution in [1.29, 1.82) is 0 Å². The first kappa shape index (κ1) is 21.3. The third-order valence-electron chi connectivity index (χ3n) is 4.78. The van der Waals surface area contributed by atoms with Crippen LogP contribution in [0.1, 0.15) is 54.3 Å². The number of ether oxygens (including phenoxy) is 2. The minimum absolute atomic E-state index is 0.124. The van der Waals surface area contributed by atoms with E-state index in [1.54, 1.807) is 32.9 Å². The summed E-state index contributed by atoms with van der Waals surface area (Å²) in [6, 6.07) is 6.10. The zero-order valence-electron chi connectivity index (χ0n) is 17.0. The summed E-state index contributed by atoms with van der Waals surface area (Å²) in [6.45, 7) is 5.00. The molecule has 10 heteroatoms. The number of hydrogen-bond donors (Lipinski definition) is 1. The highest BCUT2D eigenvalue weighted by Crippen LogP contribution is 2.40. The van der Waals surface area contributed by atoms with Gasteiger partial charge >= 0.3 is 18.0 Å². The number of esters is 1. The van der Waals surface area contributed by atoms with E-state index in [0.29, 0.717) is 5.06 Å². The largest absolute Gasteiger partial charge is 0.467 e. The summed E-state index contributed by atoms with van der Waals surface area (Å²) in [5.74, 6) is -3.92. The minimum atomic E-state index is -1.46. The molecule has 1 heterocycles. The van der Waals surface area contributed by atoms with Gasteiger partial charge in [0, 0.05) is 0 Å². The molecule has 30 heavy (non-hydrogen) atoms. The minimum Gasteiger partial charge on any atom is -0.467 e. The molecular formula is C20H22N2O8. The van der Waals surface area contributed by atoms with Crippen LogP contribution in [-0.4, -0.2) is 53.2 Å². The first-order valence-corrected chi connectivity index (χ1v) is 9.26. The molecule has 1 fully saturated rings. The van der Waals surface area contributed by atoms with Crippen LogP contribution in [0.5, 0.6) is 0 Å². The Labute approximate surface area is 172 Å². The standard InChI is InChI=1S/C20H22N2O8/c1-19(2,3)29-18(27)21-20(17(26)28-4)9-11(10-20)16(25)30-22-14(23)12-7-5-6-8-13(12)15(22)24/h5-8,11H,9-10H2,1-4H3,(H,21,27). The number of methoxy groups -OCH3 is 1. The molecule has 1 aromatic rings. The summed E-state index contributed by atoms with van der Waals surface area (Å²) in [6.07, 6.45) is -1.08. The summed E-state index contributed by atoms with van der Waals surface area (Å²) in [7, 11) is 1.16. The monoisotopic (exact) mass is 418 g/mol. The highest BCUT2D eigenvalue weighted by Gasteiger charge is 2.57. The van der Waals surface area contributed by atoms with Gasteiger partial charge in [0.05, 0.1) is 24.2 Å². The number of nitrogens with one attached hydrogen (secondary N) is 1. The predicted octanol–water partition coefficient (Wildman–Crippen LogP) is 1.59. The highest BCUT2D eigenvalue weighted by molar-refractivity contribution is 6.20. The van der Waals surface area contributed by atoms with Gasteiger partial charge in [0.15, 0.2) is 0 Å². The fourth-order valence-corrected chi connectivity index (χ4v) is 3.38. The summed E-state index contributed by atoms with van der Waals surface area (Å²) >= 11 is 0. The van der Waals surface area contributed by atoms with Crippen molar-refractivity contribution in [2.45, 2.75) is 44.8 Å². The molecule has 0 unspecified atom stereocenters. The number of nitrogens with zero attached hydrogens (tertiary/aromatic N) is 1. The Balaban J connectivity index is 1.65. The van der Waals surface area contributed by atoms with Crippen LogP contribution in [0.4, 0.5) is 4.79 Å². The number of amides is 3. The number of hydroxylamine groups is 2. The Hall–Kier alpha value is -3.43. The van der Waals surface area contributed by atoms with Crippen LogP contribution >= 0.6 is 0 Å². The lowest BCUT2D eigenvalue weighted by molar-refractivity contribution is -0.182. The third kappa shape index (κ3) is 3.85. The van der Waals surface area contributed by atoms with Crippen molar-refractivity contribution < 1.29 is 38.3 Å². The second-order valence-corrected chi connectivity index (χ2v) is 8.17. The zero-order valence-corrected chi connectivity index (χ0v) is 17.0. The van der Waals surface area contributed by atoms with E-state index >= 15 is 0 Å². The number of carbonyl (C=O) groups is 5. The van der Waals surface area contributed by atoms with Crippen molar-refractivity contribution in [3.8, 4) is 0 Å². The van der Waals surface area contributed by atoms with Crippen LogP contribution in [0, 0.1) is 5.92 Å². The molecule has 0 radical (unpaired) electrons. The molecular weight excluding hydrogens is 396 g/mol. The van der Waals surface area contributed by atoms with Crippen molar-refractivity contribution in [3.05, 3.63) is 35.4 Å². The quantitative estimate of drug-likeness (QED) is 0.577. The first-order valence-electron chi connectivity index (χ1n) is 9.26. The van der Waals surface area contributed by atoms with Gasteiger partial charge < -0.3 is 19.6 Å². The maximum atomic E-state index is 12.5. The smallest absolute Gasteiger partial charge is 0.408 e. The Morgan fingerprint density at radius 2 is 1.60 bits per heavy atom. The lowest BCUT2D eigenvalue weighted by Crippen LogP contribution is -2.65. The lowest BCUT2D eigenvalue weighted by Gasteiger charge is -2.44. The van der Waals surface area contributed by atoms with Crippen LogP contribution in [0.3, 0.4) is 0 Å². The molecule has 0 saturated heterocycles. The fourth-order valence-electron chi connectivity index (χ4n) is 3.38. The van der Waals surface area contributed by atoms with E-state index in [2.05, 4.69) is 5.32 Å². The molecule has 10 nitrogen and oxygen atoms in total. The SMILES string of the molecule is COC(=O)C1(NC(=O)OC(C)(C)C)CC(C(=O)ON2C(=O)c3ccccc3C2=O)C1. The zero-order chi connectivity index (χ0) is 22.3. The molecule has 0 aromatic heterocycles. The normalized spacial score (nSPS) is 22.7. The molecule has 3 rings (SSSR count). The molecule has 0 spiro atoms. The number of rotatable bonds is 4. The van der Waals surface area contributed by atoms with E-state index in [9.17, 15) is 24.0 Å². The van der Waals surface area contributed by atoms with Crippen molar-refractivity contribution >= 4 is 29.8 Å². The number of carbonyl (C=O) groups excluding carboxylic acids is 5. The Morgan fingerprint density at radius 1 is 1.07 bits per heavy atom. The number of alkyl carbamates (subject to hydrolysis) is 1. The first-order chi connectivity index (χ1) is 14.0. The van der Waals surface area contributed by atoms with Crippen LogP contribution in [0.2, 0.25) is 0 Å². The topological polar surface area (TPSA) is 128 Å². The molecule has 3 amide bonds. The molecule has 1 aliphatic carbocycles. The van der Waals surface area contributed by atoms with Crippen LogP contribution < -0.4 is 5.32 Å². The molecule has 160 valence electrons. The van der Waals surface area contributed by atoms with Crippen LogP contribution in [0.25, 0.3) is 0 Å². The second kappa shape index (κ2) is 7.43. The Bertz CT molecular complexity index is 892. The van der Waals surface area contributed by atoms with Crippen molar-refractivity contribution in [3.63, 3.8) is 0 Å². The van der Waals surface area contributed by atoms with Crippen LogP contribution in [-0.2, 0) is 23.9 Å². The van der Waals surface area contributed by atoms with E-state index in [4.69, 9.17) is 14.3 Å². The van der Waals surface area contributed by atoms with Crippen LogP contribution in [0.15, 0.2) is 24.3 Å². The molecule has 2 aliphatic rings. The van der Waals surface area contributed by atoms with E-state index in [1.165, 1.54) is 12.1 Å². The van der Waals surface area contributed by atoms with E-state index in [-0.39, 0.29) is 24.0 Å². The fraction of sp³-hybridized carbons (Fsp3) is 0.450.